The Morgan fingerprint density at radius 2 is 1.86 bits per heavy atom. The Labute approximate surface area is 125 Å². The Balaban J connectivity index is 1.76. The lowest BCUT2D eigenvalue weighted by atomic mass is 10.1. The van der Waals surface area contributed by atoms with Crippen LogP contribution in [-0.4, -0.2) is 16.8 Å². The summed E-state index contributed by atoms with van der Waals surface area (Å²) in [6.07, 6.45) is -1.10. The SMILES string of the molecule is O=C(c1ccco1)N(Cc1ccc(C(F)(F)F)cc1)C1CC1. The Morgan fingerprint density at radius 3 is 2.36 bits per heavy atom. The number of carbonyl (C=O) groups is 1. The molecule has 1 aromatic heterocycles. The van der Waals surface area contributed by atoms with Crippen LogP contribution < -0.4 is 0 Å². The molecule has 6 heteroatoms. The minimum Gasteiger partial charge on any atom is -0.459 e. The smallest absolute Gasteiger partial charge is 0.416 e. The summed E-state index contributed by atoms with van der Waals surface area (Å²) >= 11 is 0. The number of carbonyl (C=O) groups excluding carboxylic acids is 1. The van der Waals surface area contributed by atoms with Crippen molar-refractivity contribution in [1.29, 1.82) is 0 Å². The monoisotopic (exact) mass is 309 g/mol. The molecule has 1 fully saturated rings. The van der Waals surface area contributed by atoms with Crippen LogP contribution in [0.2, 0.25) is 0 Å². The number of benzene rings is 1. The number of hydrogen-bond acceptors (Lipinski definition) is 2. The zero-order valence-corrected chi connectivity index (χ0v) is 11.6. The molecule has 0 spiro atoms. The molecule has 0 aliphatic heterocycles. The highest BCUT2D eigenvalue weighted by molar-refractivity contribution is 5.91. The van der Waals surface area contributed by atoms with E-state index in [0.717, 1.165) is 25.0 Å². The summed E-state index contributed by atoms with van der Waals surface area (Å²) in [5.41, 5.74) is -0.0219. The van der Waals surface area contributed by atoms with Crippen molar-refractivity contribution >= 4 is 5.91 Å². The number of rotatable bonds is 4. The van der Waals surface area contributed by atoms with E-state index in [-0.39, 0.29) is 24.3 Å². The first-order valence-corrected chi connectivity index (χ1v) is 6.96. The molecule has 0 unspecified atom stereocenters. The van der Waals surface area contributed by atoms with Gasteiger partial charge in [0.1, 0.15) is 0 Å². The van der Waals surface area contributed by atoms with Crippen LogP contribution >= 0.6 is 0 Å². The molecule has 3 rings (SSSR count). The highest BCUT2D eigenvalue weighted by Crippen LogP contribution is 2.32. The first-order chi connectivity index (χ1) is 10.4. The maximum absolute atomic E-state index is 12.6. The summed E-state index contributed by atoms with van der Waals surface area (Å²) in [4.78, 5) is 14.0. The Kier molecular flexibility index (Phi) is 3.68. The van der Waals surface area contributed by atoms with Gasteiger partial charge in [0.15, 0.2) is 5.76 Å². The Morgan fingerprint density at radius 1 is 1.18 bits per heavy atom. The quantitative estimate of drug-likeness (QED) is 0.852. The fourth-order valence-electron chi connectivity index (χ4n) is 2.29. The fourth-order valence-corrected chi connectivity index (χ4v) is 2.29. The Bertz CT molecular complexity index is 643. The van der Waals surface area contributed by atoms with E-state index < -0.39 is 11.7 Å². The zero-order valence-electron chi connectivity index (χ0n) is 11.6. The lowest BCUT2D eigenvalue weighted by Gasteiger charge is -2.21. The van der Waals surface area contributed by atoms with Crippen molar-refractivity contribution < 1.29 is 22.4 Å². The summed E-state index contributed by atoms with van der Waals surface area (Å²) in [7, 11) is 0. The minimum atomic E-state index is -4.35. The number of nitrogens with zero attached hydrogens (tertiary/aromatic N) is 1. The summed E-state index contributed by atoms with van der Waals surface area (Å²) in [6.45, 7) is 0.280. The molecule has 0 saturated heterocycles. The van der Waals surface area contributed by atoms with Gasteiger partial charge < -0.3 is 9.32 Å². The van der Waals surface area contributed by atoms with Crippen LogP contribution in [0.3, 0.4) is 0 Å². The standard InChI is InChI=1S/C16H14F3NO2/c17-16(18,19)12-5-3-11(4-6-12)10-20(13-7-8-13)15(21)14-2-1-9-22-14/h1-6,9,13H,7-8,10H2. The van der Waals surface area contributed by atoms with E-state index in [1.54, 1.807) is 17.0 Å². The molecule has 22 heavy (non-hydrogen) atoms. The van der Waals surface area contributed by atoms with Gasteiger partial charge in [-0.05, 0) is 42.7 Å². The highest BCUT2D eigenvalue weighted by Gasteiger charge is 2.34. The van der Waals surface area contributed by atoms with Crippen LogP contribution in [0.25, 0.3) is 0 Å². The van der Waals surface area contributed by atoms with E-state index in [1.807, 2.05) is 0 Å². The van der Waals surface area contributed by atoms with Gasteiger partial charge in [-0.1, -0.05) is 12.1 Å². The van der Waals surface area contributed by atoms with E-state index in [2.05, 4.69) is 0 Å². The molecule has 0 radical (unpaired) electrons. The van der Waals surface area contributed by atoms with E-state index in [4.69, 9.17) is 4.42 Å². The van der Waals surface area contributed by atoms with Crippen LogP contribution in [0.4, 0.5) is 13.2 Å². The second-order valence-corrected chi connectivity index (χ2v) is 5.34. The molecule has 1 saturated carbocycles. The molecule has 2 aromatic rings. The van der Waals surface area contributed by atoms with E-state index in [0.29, 0.717) is 5.56 Å². The lowest BCUT2D eigenvalue weighted by Crippen LogP contribution is -2.32. The van der Waals surface area contributed by atoms with Crippen molar-refractivity contribution in [3.8, 4) is 0 Å². The average molecular weight is 309 g/mol. The number of hydrogen-bond donors (Lipinski definition) is 0. The summed E-state index contributed by atoms with van der Waals surface area (Å²) in [5, 5.41) is 0. The molecule has 1 amide bonds. The second kappa shape index (κ2) is 5.51. The normalized spacial score (nSPS) is 14.9. The topological polar surface area (TPSA) is 33.5 Å². The van der Waals surface area contributed by atoms with Crippen molar-refractivity contribution in [3.05, 3.63) is 59.5 Å². The molecule has 3 nitrogen and oxygen atoms in total. The van der Waals surface area contributed by atoms with Crippen molar-refractivity contribution in [3.63, 3.8) is 0 Å². The van der Waals surface area contributed by atoms with E-state index in [9.17, 15) is 18.0 Å². The van der Waals surface area contributed by atoms with Crippen LogP contribution in [0, 0.1) is 0 Å². The summed E-state index contributed by atoms with van der Waals surface area (Å²) < 4.78 is 42.8. The van der Waals surface area contributed by atoms with Gasteiger partial charge in [0, 0.05) is 12.6 Å². The first kappa shape index (κ1) is 14.7. The third kappa shape index (κ3) is 3.16. The zero-order chi connectivity index (χ0) is 15.7. The third-order valence-electron chi connectivity index (χ3n) is 3.61. The molecule has 1 aromatic carbocycles. The molecule has 0 bridgehead atoms. The fraction of sp³-hybridized carbons (Fsp3) is 0.312. The van der Waals surface area contributed by atoms with Gasteiger partial charge in [0.05, 0.1) is 11.8 Å². The summed E-state index contributed by atoms with van der Waals surface area (Å²) in [6, 6.07) is 8.26. The van der Waals surface area contributed by atoms with Gasteiger partial charge >= 0.3 is 6.18 Å². The van der Waals surface area contributed by atoms with Gasteiger partial charge in [-0.2, -0.15) is 13.2 Å². The number of furan rings is 1. The van der Waals surface area contributed by atoms with Crippen molar-refractivity contribution in [2.24, 2.45) is 0 Å². The molecule has 0 atom stereocenters. The minimum absolute atomic E-state index is 0.139. The largest absolute Gasteiger partial charge is 0.459 e. The number of amides is 1. The van der Waals surface area contributed by atoms with Gasteiger partial charge in [0.2, 0.25) is 0 Å². The second-order valence-electron chi connectivity index (χ2n) is 5.34. The van der Waals surface area contributed by atoms with Crippen LogP contribution in [-0.2, 0) is 12.7 Å². The van der Waals surface area contributed by atoms with Crippen molar-refractivity contribution in [1.82, 2.24) is 4.90 Å². The molecule has 0 N–H and O–H groups in total. The molecule has 1 aliphatic rings. The number of alkyl halides is 3. The maximum Gasteiger partial charge on any atom is 0.416 e. The first-order valence-electron chi connectivity index (χ1n) is 6.96. The van der Waals surface area contributed by atoms with Crippen molar-refractivity contribution in [2.45, 2.75) is 31.6 Å². The lowest BCUT2D eigenvalue weighted by molar-refractivity contribution is -0.137. The molecular formula is C16H14F3NO2. The molecule has 1 aliphatic carbocycles. The average Bonchev–Trinajstić information content (AvgIpc) is 3.17. The predicted molar refractivity (Wildman–Crippen MR) is 73.0 cm³/mol. The number of halogens is 3. The van der Waals surface area contributed by atoms with Crippen molar-refractivity contribution in [2.75, 3.05) is 0 Å². The summed E-state index contributed by atoms with van der Waals surface area (Å²) in [5.74, 6) is 0.0196. The Hall–Kier alpha value is -2.24. The van der Waals surface area contributed by atoms with Crippen LogP contribution in [0.5, 0.6) is 0 Å². The maximum atomic E-state index is 12.6. The predicted octanol–water partition coefficient (Wildman–Crippen LogP) is 4.10. The van der Waals surface area contributed by atoms with Gasteiger partial charge in [0.25, 0.3) is 5.91 Å². The third-order valence-corrected chi connectivity index (χ3v) is 3.61. The van der Waals surface area contributed by atoms with Gasteiger partial charge in [-0.25, -0.2) is 0 Å². The van der Waals surface area contributed by atoms with E-state index in [1.165, 1.54) is 18.4 Å². The van der Waals surface area contributed by atoms with Crippen LogP contribution in [0.1, 0.15) is 34.5 Å². The van der Waals surface area contributed by atoms with E-state index >= 15 is 0 Å². The van der Waals surface area contributed by atoms with Crippen LogP contribution in [0.15, 0.2) is 47.1 Å². The molecule has 1 heterocycles. The molecular weight excluding hydrogens is 295 g/mol. The molecule has 116 valence electrons. The van der Waals surface area contributed by atoms with Gasteiger partial charge in [-0.15, -0.1) is 0 Å². The highest BCUT2D eigenvalue weighted by atomic mass is 19.4. The van der Waals surface area contributed by atoms with Gasteiger partial charge in [-0.3, -0.25) is 4.79 Å².